The van der Waals surface area contributed by atoms with Crippen molar-refractivity contribution in [2.24, 2.45) is 0 Å². The van der Waals surface area contributed by atoms with Crippen LogP contribution in [0.15, 0.2) is 54.6 Å². The first-order valence-electron chi connectivity index (χ1n) is 11.6. The lowest BCUT2D eigenvalue weighted by Crippen LogP contribution is -2.24. The molecular formula is C27H31FNO5P. The van der Waals surface area contributed by atoms with Crippen LogP contribution < -0.4 is 0 Å². The van der Waals surface area contributed by atoms with Gasteiger partial charge in [-0.05, 0) is 60.2 Å². The second-order valence-corrected chi connectivity index (χ2v) is 10.0. The van der Waals surface area contributed by atoms with Crippen LogP contribution in [0, 0.1) is 12.7 Å². The number of aromatic nitrogens is 1. The molecule has 3 aromatic rings. The van der Waals surface area contributed by atoms with Crippen LogP contribution in [0.2, 0.25) is 0 Å². The van der Waals surface area contributed by atoms with Gasteiger partial charge in [-0.1, -0.05) is 50.2 Å². The summed E-state index contributed by atoms with van der Waals surface area (Å²) >= 11 is 0. The van der Waals surface area contributed by atoms with Crippen LogP contribution in [0.1, 0.15) is 55.6 Å². The lowest BCUT2D eigenvalue weighted by atomic mass is 9.87. The van der Waals surface area contributed by atoms with Crippen LogP contribution in [0.5, 0.6) is 0 Å². The molecule has 35 heavy (non-hydrogen) atoms. The maximum absolute atomic E-state index is 14.0. The number of carbonyl (C=O) groups is 1. The van der Waals surface area contributed by atoms with Crippen molar-refractivity contribution in [2.45, 2.75) is 51.8 Å². The molecule has 3 atom stereocenters. The molecule has 3 unspecified atom stereocenters. The van der Waals surface area contributed by atoms with Crippen molar-refractivity contribution in [1.82, 2.24) is 4.98 Å². The fourth-order valence-electron chi connectivity index (χ4n) is 4.24. The summed E-state index contributed by atoms with van der Waals surface area (Å²) in [4.78, 5) is 27.3. The van der Waals surface area contributed by atoms with Crippen LogP contribution in [0.3, 0.4) is 0 Å². The molecule has 2 aromatic carbocycles. The lowest BCUT2D eigenvalue weighted by molar-refractivity contribution is -0.145. The number of halogens is 1. The Morgan fingerprint density at radius 3 is 2.37 bits per heavy atom. The van der Waals surface area contributed by atoms with Gasteiger partial charge >= 0.3 is 5.97 Å². The quantitative estimate of drug-likeness (QED) is 0.285. The lowest BCUT2D eigenvalue weighted by Gasteiger charge is -2.27. The van der Waals surface area contributed by atoms with E-state index in [1.165, 1.54) is 12.1 Å². The number of pyridine rings is 1. The van der Waals surface area contributed by atoms with E-state index in [9.17, 15) is 23.7 Å². The molecule has 0 aliphatic carbocycles. The topological polar surface area (TPSA) is 96.7 Å². The monoisotopic (exact) mass is 499 g/mol. The number of hydrogen-bond donors (Lipinski definition) is 2. The largest absolute Gasteiger partial charge is 0.466 e. The second kappa shape index (κ2) is 11.7. The molecule has 6 nitrogen and oxygen atoms in total. The van der Waals surface area contributed by atoms with Crippen molar-refractivity contribution in [3.05, 3.63) is 77.2 Å². The van der Waals surface area contributed by atoms with Crippen LogP contribution in [0.25, 0.3) is 22.4 Å². The fraction of sp³-hybridized carbons (Fsp3) is 0.333. The van der Waals surface area contributed by atoms with Crippen LogP contribution >= 0.6 is 8.03 Å². The number of aryl methyl sites for hydroxylation is 1. The second-order valence-electron chi connectivity index (χ2n) is 8.73. The SMILES string of the molecule is CCOC(=O)CC(O)C(c1c(-c2ccc(F)cc2C)cc(-c2ccccc2)nc1C(C)C)[PH](=O)O. The number of esters is 1. The molecular weight excluding hydrogens is 468 g/mol. The van der Waals surface area contributed by atoms with Crippen LogP contribution in [-0.2, 0) is 14.1 Å². The summed E-state index contributed by atoms with van der Waals surface area (Å²) in [5, 5.41) is 11.0. The van der Waals surface area contributed by atoms with E-state index in [1.807, 2.05) is 44.2 Å². The van der Waals surface area contributed by atoms with Gasteiger partial charge in [0.25, 0.3) is 0 Å². The number of carbonyl (C=O) groups excluding carboxylic acids is 1. The predicted molar refractivity (Wildman–Crippen MR) is 135 cm³/mol. The number of nitrogens with zero attached hydrogens (tertiary/aromatic N) is 1. The van der Waals surface area contributed by atoms with Crippen molar-refractivity contribution >= 4 is 14.0 Å². The number of hydrogen-bond acceptors (Lipinski definition) is 5. The highest BCUT2D eigenvalue weighted by Crippen LogP contribution is 2.49. The van der Waals surface area contributed by atoms with Crippen LogP contribution in [0.4, 0.5) is 4.39 Å². The van der Waals surface area contributed by atoms with Crippen LogP contribution in [-0.4, -0.2) is 33.7 Å². The Labute approximate surface area is 205 Å². The molecule has 0 amide bonds. The third-order valence-corrected chi connectivity index (χ3v) is 7.03. The number of ether oxygens (including phenoxy) is 1. The van der Waals surface area contributed by atoms with Gasteiger partial charge in [0.1, 0.15) is 5.82 Å². The predicted octanol–water partition coefficient (Wildman–Crippen LogP) is 5.81. The summed E-state index contributed by atoms with van der Waals surface area (Å²) < 4.78 is 31.6. The summed E-state index contributed by atoms with van der Waals surface area (Å²) in [6.45, 7) is 7.35. The zero-order chi connectivity index (χ0) is 25.7. The van der Waals surface area contributed by atoms with Gasteiger partial charge in [-0.25, -0.2) is 4.39 Å². The van der Waals surface area contributed by atoms with E-state index in [0.29, 0.717) is 33.6 Å². The molecule has 0 fully saturated rings. The molecule has 0 saturated carbocycles. The Balaban J connectivity index is 2.34. The van der Waals surface area contributed by atoms with E-state index in [1.54, 1.807) is 26.0 Å². The molecule has 186 valence electrons. The van der Waals surface area contributed by atoms with Gasteiger partial charge in [0.15, 0.2) is 8.03 Å². The van der Waals surface area contributed by atoms with E-state index in [2.05, 4.69) is 0 Å². The Morgan fingerprint density at radius 2 is 1.80 bits per heavy atom. The van der Waals surface area contributed by atoms with Crippen molar-refractivity contribution < 1.29 is 28.5 Å². The summed E-state index contributed by atoms with van der Waals surface area (Å²) in [5.74, 6) is -1.23. The average molecular weight is 500 g/mol. The van der Waals surface area contributed by atoms with Crippen molar-refractivity contribution in [2.75, 3.05) is 6.61 Å². The molecule has 0 radical (unpaired) electrons. The maximum Gasteiger partial charge on any atom is 0.308 e. The van der Waals surface area contributed by atoms with Crippen molar-refractivity contribution in [3.63, 3.8) is 0 Å². The van der Waals surface area contributed by atoms with Crippen molar-refractivity contribution in [3.8, 4) is 22.4 Å². The van der Waals surface area contributed by atoms with Gasteiger partial charge in [0.2, 0.25) is 0 Å². The highest BCUT2D eigenvalue weighted by molar-refractivity contribution is 7.38. The van der Waals surface area contributed by atoms with Gasteiger partial charge in [-0.3, -0.25) is 14.3 Å². The molecule has 3 rings (SSSR count). The molecule has 0 spiro atoms. The van der Waals surface area contributed by atoms with E-state index in [4.69, 9.17) is 9.72 Å². The zero-order valence-corrected chi connectivity index (χ0v) is 21.3. The minimum atomic E-state index is -3.39. The highest BCUT2D eigenvalue weighted by Gasteiger charge is 2.34. The van der Waals surface area contributed by atoms with E-state index >= 15 is 0 Å². The third kappa shape index (κ3) is 6.23. The first kappa shape index (κ1) is 26.7. The van der Waals surface area contributed by atoms with Gasteiger partial charge in [0.05, 0.1) is 30.5 Å². The average Bonchev–Trinajstić information content (AvgIpc) is 2.79. The Kier molecular flexibility index (Phi) is 8.95. The molecule has 0 saturated heterocycles. The highest BCUT2D eigenvalue weighted by atomic mass is 31.1. The third-order valence-electron chi connectivity index (χ3n) is 5.83. The first-order chi connectivity index (χ1) is 16.6. The molecule has 0 aliphatic rings. The maximum atomic E-state index is 14.0. The molecule has 1 aromatic heterocycles. The minimum Gasteiger partial charge on any atom is -0.466 e. The minimum absolute atomic E-state index is 0.134. The summed E-state index contributed by atoms with van der Waals surface area (Å²) in [6, 6.07) is 15.6. The smallest absolute Gasteiger partial charge is 0.308 e. The standard InChI is InChI=1S/C27H31FNO5P/c1-5-34-24(31)15-23(30)27(35(32)33)25-21(20-12-11-19(28)13-17(20)4)14-22(29-26(25)16(2)3)18-9-7-6-8-10-18/h6-14,16,23,27,30,35H,5,15H2,1-4H3,(H,32,33). The summed E-state index contributed by atoms with van der Waals surface area (Å²) in [7, 11) is -3.39. The number of benzene rings is 2. The van der Waals surface area contributed by atoms with E-state index < -0.39 is 38.0 Å². The summed E-state index contributed by atoms with van der Waals surface area (Å²) in [5.41, 5.74) is 3.00. The van der Waals surface area contributed by atoms with Gasteiger partial charge < -0.3 is 14.7 Å². The number of aliphatic hydroxyl groups excluding tert-OH is 1. The molecule has 2 N–H and O–H groups in total. The molecule has 1 heterocycles. The van der Waals surface area contributed by atoms with Gasteiger partial charge in [-0.15, -0.1) is 0 Å². The van der Waals surface area contributed by atoms with Gasteiger partial charge in [-0.2, -0.15) is 0 Å². The Morgan fingerprint density at radius 1 is 1.11 bits per heavy atom. The molecule has 8 heteroatoms. The normalized spacial score (nSPS) is 13.9. The fourth-order valence-corrected chi connectivity index (χ4v) is 5.24. The Hall–Kier alpha value is -2.86. The number of aliphatic hydroxyl groups is 1. The Bertz CT molecular complexity index is 1220. The van der Waals surface area contributed by atoms with Crippen molar-refractivity contribution in [1.29, 1.82) is 0 Å². The van der Waals surface area contributed by atoms with E-state index in [0.717, 1.165) is 5.56 Å². The summed E-state index contributed by atoms with van der Waals surface area (Å²) in [6.07, 6.45) is -1.90. The first-order valence-corrected chi connectivity index (χ1v) is 13.0. The molecule has 0 bridgehead atoms. The zero-order valence-electron chi connectivity index (χ0n) is 20.3. The molecule has 0 aliphatic heterocycles. The number of rotatable bonds is 9. The van der Waals surface area contributed by atoms with Gasteiger partial charge in [0, 0.05) is 11.3 Å². The van der Waals surface area contributed by atoms with E-state index in [-0.39, 0.29) is 12.5 Å².